The van der Waals surface area contributed by atoms with Gasteiger partial charge in [-0.3, -0.25) is 4.79 Å². The highest BCUT2D eigenvalue weighted by Gasteiger charge is 2.34. The average molecular weight is 448 g/mol. The van der Waals surface area contributed by atoms with Crippen LogP contribution in [0.25, 0.3) is 0 Å². The van der Waals surface area contributed by atoms with E-state index in [9.17, 15) is 4.79 Å². The summed E-state index contributed by atoms with van der Waals surface area (Å²) < 4.78 is 16.7. The summed E-state index contributed by atoms with van der Waals surface area (Å²) in [6.45, 7) is 10.9. The van der Waals surface area contributed by atoms with Crippen molar-refractivity contribution in [2.24, 2.45) is 23.5 Å². The molecule has 0 aliphatic carbocycles. The molecule has 1 saturated heterocycles. The van der Waals surface area contributed by atoms with Crippen LogP contribution in [0.4, 0.5) is 0 Å². The third-order valence-electron chi connectivity index (χ3n) is 6.28. The molecular weight excluding hydrogens is 406 g/mol. The van der Waals surface area contributed by atoms with Gasteiger partial charge in [-0.25, -0.2) is 0 Å². The summed E-state index contributed by atoms with van der Waals surface area (Å²) in [6.07, 6.45) is 3.92. The van der Waals surface area contributed by atoms with E-state index in [2.05, 4.69) is 18.7 Å². The highest BCUT2D eigenvalue weighted by Crippen LogP contribution is 2.31. The zero-order valence-electron chi connectivity index (χ0n) is 20.5. The monoisotopic (exact) mass is 447 g/mol. The van der Waals surface area contributed by atoms with Crippen LogP contribution in [0.2, 0.25) is 0 Å². The van der Waals surface area contributed by atoms with E-state index in [4.69, 9.17) is 25.4 Å². The summed E-state index contributed by atoms with van der Waals surface area (Å²) >= 11 is 0. The van der Waals surface area contributed by atoms with Crippen LogP contribution < -0.4 is 15.2 Å². The van der Waals surface area contributed by atoms with Gasteiger partial charge in [-0.05, 0) is 54.4 Å². The van der Waals surface area contributed by atoms with Crippen LogP contribution in [0.15, 0.2) is 12.1 Å². The summed E-state index contributed by atoms with van der Waals surface area (Å²) in [5.74, 6) is 1.91. The number of piperidine rings is 1. The van der Waals surface area contributed by atoms with Gasteiger partial charge in [-0.2, -0.15) is 0 Å². The van der Waals surface area contributed by atoms with Gasteiger partial charge in [0.25, 0.3) is 0 Å². The molecule has 0 saturated carbocycles. The molecule has 2 rings (SSSR count). The van der Waals surface area contributed by atoms with Crippen LogP contribution in [0.1, 0.15) is 51.7 Å². The summed E-state index contributed by atoms with van der Waals surface area (Å²) in [4.78, 5) is 14.9. The van der Waals surface area contributed by atoms with E-state index in [-0.39, 0.29) is 18.0 Å². The lowest BCUT2D eigenvalue weighted by molar-refractivity contribution is -0.158. The maximum absolute atomic E-state index is 12.5. The number of nitrogens with zero attached hydrogens (tertiary/aromatic N) is 1. The molecule has 0 amide bonds. The van der Waals surface area contributed by atoms with Crippen molar-refractivity contribution < 1.29 is 19.0 Å². The second-order valence-electron chi connectivity index (χ2n) is 9.52. The van der Waals surface area contributed by atoms with E-state index in [1.165, 1.54) is 6.21 Å². The fraction of sp³-hybridized carbons (Fsp3) is 0.680. The number of nitrogens with one attached hydrogen (secondary N) is 1. The molecule has 3 N–H and O–H groups in total. The smallest absolute Gasteiger partial charge is 0.323 e. The van der Waals surface area contributed by atoms with E-state index in [1.54, 1.807) is 14.2 Å². The number of carbonyl (C=O) groups is 1. The maximum atomic E-state index is 12.5. The lowest BCUT2D eigenvalue weighted by atomic mass is 9.86. The summed E-state index contributed by atoms with van der Waals surface area (Å²) in [7, 11) is 3.23. The Bertz CT molecular complexity index is 766. The van der Waals surface area contributed by atoms with Crippen molar-refractivity contribution in [1.29, 1.82) is 5.41 Å². The normalized spacial score (nSPS) is 20.3. The van der Waals surface area contributed by atoms with Crippen molar-refractivity contribution >= 4 is 12.2 Å². The Labute approximate surface area is 193 Å². The first-order valence-corrected chi connectivity index (χ1v) is 11.6. The number of esters is 1. The molecule has 1 aromatic rings. The van der Waals surface area contributed by atoms with Crippen molar-refractivity contribution in [2.75, 3.05) is 33.9 Å². The van der Waals surface area contributed by atoms with E-state index in [0.29, 0.717) is 23.3 Å². The van der Waals surface area contributed by atoms with E-state index in [1.807, 2.05) is 26.0 Å². The molecule has 7 heteroatoms. The number of hydrogen-bond acceptors (Lipinski definition) is 7. The second-order valence-corrected chi connectivity index (χ2v) is 9.52. The topological polar surface area (TPSA) is 97.9 Å². The lowest BCUT2D eigenvalue weighted by Crippen LogP contribution is -2.48. The van der Waals surface area contributed by atoms with Gasteiger partial charge < -0.3 is 30.3 Å². The molecule has 1 unspecified atom stereocenters. The molecule has 1 aliphatic rings. The Hall–Kier alpha value is -2.12. The van der Waals surface area contributed by atoms with Crippen LogP contribution >= 0.6 is 0 Å². The van der Waals surface area contributed by atoms with Gasteiger partial charge in [0.15, 0.2) is 11.5 Å². The zero-order valence-corrected chi connectivity index (χ0v) is 20.5. The molecule has 0 bridgehead atoms. The summed E-state index contributed by atoms with van der Waals surface area (Å²) in [5.41, 5.74) is 7.92. The predicted octanol–water partition coefficient (Wildman–Crippen LogP) is 3.51. The number of rotatable bonds is 11. The SMILES string of the molecule is COc1cc(C=N)c(CCN2CC[C@@H](OC(=O)[C@@H](N)C(C)C)C(CC(C)C)C2)cc1OC. The molecule has 7 nitrogen and oxygen atoms in total. The zero-order chi connectivity index (χ0) is 23.8. The lowest BCUT2D eigenvalue weighted by Gasteiger charge is -2.39. The molecule has 1 heterocycles. The summed E-state index contributed by atoms with van der Waals surface area (Å²) in [5, 5.41) is 7.78. The van der Waals surface area contributed by atoms with Gasteiger partial charge in [0.05, 0.1) is 14.2 Å². The fourth-order valence-corrected chi connectivity index (χ4v) is 4.34. The van der Waals surface area contributed by atoms with Crippen LogP contribution in [0, 0.1) is 23.2 Å². The largest absolute Gasteiger partial charge is 0.493 e. The molecule has 1 fully saturated rings. The molecule has 3 atom stereocenters. The van der Waals surface area contributed by atoms with Gasteiger partial charge in [0, 0.05) is 31.8 Å². The molecule has 0 aromatic heterocycles. The molecular formula is C25H41N3O4. The number of methoxy groups -OCH3 is 2. The third-order valence-corrected chi connectivity index (χ3v) is 6.28. The molecule has 0 radical (unpaired) electrons. The first-order chi connectivity index (χ1) is 15.2. The highest BCUT2D eigenvalue weighted by atomic mass is 16.5. The van der Waals surface area contributed by atoms with Crippen molar-refractivity contribution in [3.05, 3.63) is 23.3 Å². The quantitative estimate of drug-likeness (QED) is 0.398. The van der Waals surface area contributed by atoms with E-state index in [0.717, 1.165) is 50.0 Å². The maximum Gasteiger partial charge on any atom is 0.323 e. The van der Waals surface area contributed by atoms with Gasteiger partial charge >= 0.3 is 5.97 Å². The van der Waals surface area contributed by atoms with E-state index < -0.39 is 6.04 Å². The Balaban J connectivity index is 2.06. The van der Waals surface area contributed by atoms with Crippen molar-refractivity contribution in [3.63, 3.8) is 0 Å². The van der Waals surface area contributed by atoms with Crippen LogP contribution in [0.5, 0.6) is 11.5 Å². The van der Waals surface area contributed by atoms with Gasteiger partial charge in [-0.1, -0.05) is 27.7 Å². The van der Waals surface area contributed by atoms with Crippen molar-refractivity contribution in [1.82, 2.24) is 4.90 Å². The average Bonchev–Trinajstić information content (AvgIpc) is 2.77. The molecule has 0 spiro atoms. The minimum Gasteiger partial charge on any atom is -0.493 e. The number of hydrogen-bond donors (Lipinski definition) is 2. The minimum atomic E-state index is -0.572. The number of likely N-dealkylation sites (tertiary alicyclic amines) is 1. The third kappa shape index (κ3) is 6.94. The predicted molar refractivity (Wildman–Crippen MR) is 128 cm³/mol. The number of carbonyl (C=O) groups excluding carboxylic acids is 1. The Kier molecular flexibility index (Phi) is 9.97. The first kappa shape index (κ1) is 26.1. The fourth-order valence-electron chi connectivity index (χ4n) is 4.34. The Morgan fingerprint density at radius 2 is 1.88 bits per heavy atom. The Morgan fingerprint density at radius 3 is 2.44 bits per heavy atom. The Morgan fingerprint density at radius 1 is 1.22 bits per heavy atom. The highest BCUT2D eigenvalue weighted by molar-refractivity contribution is 5.81. The molecule has 1 aromatic carbocycles. The van der Waals surface area contributed by atoms with Crippen molar-refractivity contribution in [2.45, 2.75) is 59.1 Å². The van der Waals surface area contributed by atoms with Crippen molar-refractivity contribution in [3.8, 4) is 11.5 Å². The van der Waals surface area contributed by atoms with Gasteiger partial charge in [-0.15, -0.1) is 0 Å². The molecule has 32 heavy (non-hydrogen) atoms. The number of benzene rings is 1. The number of ether oxygens (including phenoxy) is 3. The molecule has 1 aliphatic heterocycles. The first-order valence-electron chi connectivity index (χ1n) is 11.6. The second kappa shape index (κ2) is 12.2. The molecule has 180 valence electrons. The van der Waals surface area contributed by atoms with Gasteiger partial charge in [0.2, 0.25) is 0 Å². The standard InChI is InChI=1S/C25H41N3O4/c1-16(2)11-20-15-28(10-8-21(20)32-25(29)24(27)17(3)4)9-7-18-12-22(30-5)23(31-6)13-19(18)14-26/h12-14,16-17,20-21,24,26H,7-11,15,27H2,1-6H3/t20?,21-,24+/m1/s1. The van der Waals surface area contributed by atoms with Crippen LogP contribution in [-0.4, -0.2) is 63.1 Å². The van der Waals surface area contributed by atoms with Crippen LogP contribution in [0.3, 0.4) is 0 Å². The van der Waals surface area contributed by atoms with Gasteiger partial charge in [0.1, 0.15) is 12.1 Å². The minimum absolute atomic E-state index is 0.0654. The number of nitrogens with two attached hydrogens (primary N) is 1. The van der Waals surface area contributed by atoms with E-state index >= 15 is 0 Å². The summed E-state index contributed by atoms with van der Waals surface area (Å²) in [6, 6.07) is 3.25. The van der Waals surface area contributed by atoms with Crippen LogP contribution in [-0.2, 0) is 16.0 Å².